The summed E-state index contributed by atoms with van der Waals surface area (Å²) in [5, 5.41) is 11.0. The van der Waals surface area contributed by atoms with Gasteiger partial charge in [0, 0.05) is 23.9 Å². The zero-order chi connectivity index (χ0) is 12.4. The number of thioether (sulfide) groups is 1. The van der Waals surface area contributed by atoms with Gasteiger partial charge in [-0.1, -0.05) is 11.6 Å². The van der Waals surface area contributed by atoms with E-state index in [1.807, 2.05) is 5.40 Å². The Bertz CT molecular complexity index is 500. The first-order valence-corrected chi connectivity index (χ1v) is 6.22. The summed E-state index contributed by atoms with van der Waals surface area (Å²) in [6.07, 6.45) is 0.352. The molecule has 2 N–H and O–H groups in total. The summed E-state index contributed by atoms with van der Waals surface area (Å²) in [6.45, 7) is 0.489. The van der Waals surface area contributed by atoms with Crippen molar-refractivity contribution in [2.45, 2.75) is 17.4 Å². The Morgan fingerprint density at radius 1 is 1.59 bits per heavy atom. The van der Waals surface area contributed by atoms with E-state index in [4.69, 9.17) is 22.6 Å². The van der Waals surface area contributed by atoms with Crippen LogP contribution in [0.25, 0.3) is 0 Å². The average molecular weight is 268 g/mol. The SMILES string of the molecule is N#CSc1ccc(N2CC(N)CC2=O)c(Cl)c1. The Labute approximate surface area is 108 Å². The van der Waals surface area contributed by atoms with Crippen LogP contribution in [0.1, 0.15) is 6.42 Å². The third kappa shape index (κ3) is 2.55. The second-order valence-corrected chi connectivity index (χ2v) is 5.04. The molecule has 1 aromatic carbocycles. The lowest BCUT2D eigenvalue weighted by Gasteiger charge is -2.17. The van der Waals surface area contributed by atoms with Crippen LogP contribution < -0.4 is 10.6 Å². The molecule has 17 heavy (non-hydrogen) atoms. The largest absolute Gasteiger partial charge is 0.326 e. The molecule has 0 bridgehead atoms. The van der Waals surface area contributed by atoms with Crippen molar-refractivity contribution in [3.05, 3.63) is 23.2 Å². The highest BCUT2D eigenvalue weighted by atomic mass is 35.5. The van der Waals surface area contributed by atoms with Crippen molar-refractivity contribution in [2.24, 2.45) is 5.73 Å². The number of halogens is 1. The van der Waals surface area contributed by atoms with Gasteiger partial charge in [0.1, 0.15) is 5.40 Å². The second kappa shape index (κ2) is 4.96. The Balaban J connectivity index is 2.28. The van der Waals surface area contributed by atoms with Crippen LogP contribution in [0, 0.1) is 10.7 Å². The molecule has 1 aliphatic heterocycles. The summed E-state index contributed by atoms with van der Waals surface area (Å²) in [5.41, 5.74) is 6.39. The molecule has 0 aromatic heterocycles. The lowest BCUT2D eigenvalue weighted by atomic mass is 10.3. The molecule has 0 spiro atoms. The first-order chi connectivity index (χ1) is 8.11. The van der Waals surface area contributed by atoms with E-state index in [1.54, 1.807) is 23.1 Å². The van der Waals surface area contributed by atoms with Gasteiger partial charge in [0.2, 0.25) is 5.91 Å². The van der Waals surface area contributed by atoms with E-state index in [2.05, 4.69) is 0 Å². The summed E-state index contributed by atoms with van der Waals surface area (Å²) in [4.78, 5) is 14.0. The van der Waals surface area contributed by atoms with Gasteiger partial charge in [0.05, 0.1) is 10.7 Å². The molecule has 1 atom stereocenters. The van der Waals surface area contributed by atoms with Crippen molar-refractivity contribution in [3.63, 3.8) is 0 Å². The van der Waals surface area contributed by atoms with Crippen molar-refractivity contribution >= 4 is 35.0 Å². The lowest BCUT2D eigenvalue weighted by molar-refractivity contribution is -0.117. The molecule has 4 nitrogen and oxygen atoms in total. The molecule has 2 rings (SSSR count). The lowest BCUT2D eigenvalue weighted by Crippen LogP contribution is -2.28. The van der Waals surface area contributed by atoms with Gasteiger partial charge in [-0.25, -0.2) is 0 Å². The standard InChI is InChI=1S/C11H10ClN3OS/c12-9-4-8(17-6-13)1-2-10(9)15-5-7(14)3-11(15)16/h1-2,4,7H,3,5,14H2. The average Bonchev–Trinajstić information content (AvgIpc) is 2.58. The molecule has 1 aromatic rings. The smallest absolute Gasteiger partial charge is 0.228 e. The van der Waals surface area contributed by atoms with Crippen LogP contribution in [0.2, 0.25) is 5.02 Å². The van der Waals surface area contributed by atoms with E-state index in [9.17, 15) is 4.79 Å². The summed E-state index contributed by atoms with van der Waals surface area (Å²) in [7, 11) is 0. The first-order valence-electron chi connectivity index (χ1n) is 5.03. The number of hydrogen-bond donors (Lipinski definition) is 1. The molecule has 1 fully saturated rings. The van der Waals surface area contributed by atoms with Gasteiger partial charge < -0.3 is 10.6 Å². The Hall–Kier alpha value is -1.22. The zero-order valence-electron chi connectivity index (χ0n) is 8.89. The van der Waals surface area contributed by atoms with Crippen LogP contribution in [0.3, 0.4) is 0 Å². The molecule has 88 valence electrons. The molecular formula is C11H10ClN3OS. The minimum atomic E-state index is -0.133. The molecule has 1 unspecified atom stereocenters. The van der Waals surface area contributed by atoms with Crippen molar-refractivity contribution in [2.75, 3.05) is 11.4 Å². The van der Waals surface area contributed by atoms with E-state index >= 15 is 0 Å². The maximum Gasteiger partial charge on any atom is 0.228 e. The van der Waals surface area contributed by atoms with Gasteiger partial charge in [0.25, 0.3) is 0 Å². The predicted octanol–water partition coefficient (Wildman–Crippen LogP) is 1.98. The molecule has 0 aliphatic carbocycles. The fraction of sp³-hybridized carbons (Fsp3) is 0.273. The number of rotatable bonds is 2. The maximum atomic E-state index is 11.7. The number of thiocyanates is 1. The zero-order valence-corrected chi connectivity index (χ0v) is 10.5. The highest BCUT2D eigenvalue weighted by molar-refractivity contribution is 8.03. The van der Waals surface area contributed by atoms with E-state index in [1.165, 1.54) is 0 Å². The van der Waals surface area contributed by atoms with Crippen LogP contribution in [0.4, 0.5) is 5.69 Å². The number of anilines is 1. The molecule has 1 saturated heterocycles. The number of amides is 1. The normalized spacial score (nSPS) is 19.5. The van der Waals surface area contributed by atoms with Crippen LogP contribution in [0.15, 0.2) is 23.1 Å². The van der Waals surface area contributed by atoms with Crippen molar-refractivity contribution < 1.29 is 4.79 Å². The van der Waals surface area contributed by atoms with E-state index in [-0.39, 0.29) is 11.9 Å². The van der Waals surface area contributed by atoms with Gasteiger partial charge in [-0.05, 0) is 30.0 Å². The van der Waals surface area contributed by atoms with Crippen molar-refractivity contribution in [3.8, 4) is 5.40 Å². The molecule has 1 heterocycles. The minimum Gasteiger partial charge on any atom is -0.326 e. The second-order valence-electron chi connectivity index (χ2n) is 3.78. The van der Waals surface area contributed by atoms with Crippen LogP contribution >= 0.6 is 23.4 Å². The highest BCUT2D eigenvalue weighted by Gasteiger charge is 2.29. The molecule has 0 radical (unpaired) electrons. The van der Waals surface area contributed by atoms with Crippen LogP contribution in [-0.4, -0.2) is 18.5 Å². The fourth-order valence-corrected chi connectivity index (χ4v) is 2.56. The van der Waals surface area contributed by atoms with E-state index < -0.39 is 0 Å². The molecule has 1 aliphatic rings. The molecule has 1 amide bonds. The van der Waals surface area contributed by atoms with Gasteiger partial charge in [-0.15, -0.1) is 0 Å². The number of nitrogens with two attached hydrogens (primary N) is 1. The van der Waals surface area contributed by atoms with Crippen molar-refractivity contribution in [1.29, 1.82) is 5.26 Å². The topological polar surface area (TPSA) is 70.1 Å². The highest BCUT2D eigenvalue weighted by Crippen LogP contribution is 2.32. The van der Waals surface area contributed by atoms with E-state index in [0.717, 1.165) is 16.7 Å². The third-order valence-electron chi connectivity index (χ3n) is 2.53. The number of carbonyl (C=O) groups is 1. The summed E-state index contributed by atoms with van der Waals surface area (Å²) in [5.74, 6) is -0.0138. The summed E-state index contributed by atoms with van der Waals surface area (Å²) in [6, 6.07) is 5.07. The van der Waals surface area contributed by atoms with Gasteiger partial charge in [-0.3, -0.25) is 4.79 Å². The third-order valence-corrected chi connectivity index (χ3v) is 3.41. The van der Waals surface area contributed by atoms with E-state index in [0.29, 0.717) is 23.7 Å². The summed E-state index contributed by atoms with van der Waals surface area (Å²) >= 11 is 7.14. The molecule has 0 saturated carbocycles. The number of nitriles is 1. The molecule has 6 heteroatoms. The summed E-state index contributed by atoms with van der Waals surface area (Å²) < 4.78 is 0. The van der Waals surface area contributed by atoms with Gasteiger partial charge in [0.15, 0.2) is 0 Å². The molecular weight excluding hydrogens is 258 g/mol. The number of benzene rings is 1. The van der Waals surface area contributed by atoms with Gasteiger partial charge in [-0.2, -0.15) is 5.26 Å². The monoisotopic (exact) mass is 267 g/mol. The quantitative estimate of drug-likeness (QED) is 0.657. The Morgan fingerprint density at radius 2 is 2.35 bits per heavy atom. The minimum absolute atomic E-state index is 0.0138. The number of nitrogens with zero attached hydrogens (tertiary/aromatic N) is 2. The first kappa shape index (κ1) is 12.2. The van der Waals surface area contributed by atoms with Crippen molar-refractivity contribution in [1.82, 2.24) is 0 Å². The Morgan fingerprint density at radius 3 is 2.88 bits per heavy atom. The maximum absolute atomic E-state index is 11.7. The van der Waals surface area contributed by atoms with Crippen LogP contribution in [0.5, 0.6) is 0 Å². The Kier molecular flexibility index (Phi) is 3.57. The number of carbonyl (C=O) groups excluding carboxylic acids is 1. The fourth-order valence-electron chi connectivity index (χ4n) is 1.79. The predicted molar refractivity (Wildman–Crippen MR) is 67.9 cm³/mol. The van der Waals surface area contributed by atoms with Gasteiger partial charge >= 0.3 is 0 Å². The number of hydrogen-bond acceptors (Lipinski definition) is 4. The van der Waals surface area contributed by atoms with Crippen LogP contribution in [-0.2, 0) is 4.79 Å².